The Morgan fingerprint density at radius 2 is 2.00 bits per heavy atom. The Morgan fingerprint density at radius 1 is 1.33 bits per heavy atom. The van der Waals surface area contributed by atoms with Crippen LogP contribution in [-0.2, 0) is 9.05 Å². The molecule has 6 heteroatoms. The first kappa shape index (κ1) is 16.3. The molecular formula is C15H20ClNO3S. The zero-order valence-corrected chi connectivity index (χ0v) is 13.9. The molecule has 1 saturated carbocycles. The number of halogens is 1. The van der Waals surface area contributed by atoms with Crippen molar-refractivity contribution in [3.8, 4) is 0 Å². The molecule has 1 aliphatic rings. The molecule has 2 rings (SSSR count). The summed E-state index contributed by atoms with van der Waals surface area (Å²) in [5.41, 5.74) is 1.11. The topological polar surface area (TPSA) is 54.5 Å². The van der Waals surface area contributed by atoms with Crippen LogP contribution in [0.3, 0.4) is 0 Å². The third-order valence-corrected chi connectivity index (χ3v) is 4.91. The van der Waals surface area contributed by atoms with Crippen molar-refractivity contribution in [3.63, 3.8) is 0 Å². The second-order valence-corrected chi connectivity index (χ2v) is 8.12. The molecule has 0 bridgehead atoms. The average Bonchev–Trinajstić information content (AvgIpc) is 3.22. The van der Waals surface area contributed by atoms with E-state index in [2.05, 4.69) is 6.92 Å². The highest BCUT2D eigenvalue weighted by molar-refractivity contribution is 8.13. The van der Waals surface area contributed by atoms with Crippen molar-refractivity contribution in [3.05, 3.63) is 29.3 Å². The van der Waals surface area contributed by atoms with E-state index in [0.29, 0.717) is 17.2 Å². The van der Waals surface area contributed by atoms with Gasteiger partial charge in [-0.15, -0.1) is 0 Å². The number of unbranched alkanes of at least 4 members (excludes halogenated alkanes) is 1. The summed E-state index contributed by atoms with van der Waals surface area (Å²) in [6, 6.07) is 4.88. The maximum Gasteiger partial charge on any atom is 0.261 e. The van der Waals surface area contributed by atoms with Crippen LogP contribution in [0.4, 0.5) is 0 Å². The highest BCUT2D eigenvalue weighted by atomic mass is 35.7. The molecule has 1 aromatic rings. The first-order valence-electron chi connectivity index (χ1n) is 7.20. The summed E-state index contributed by atoms with van der Waals surface area (Å²) in [6.45, 7) is 4.56. The Hall–Kier alpha value is -1.07. The molecule has 21 heavy (non-hydrogen) atoms. The van der Waals surface area contributed by atoms with E-state index in [9.17, 15) is 13.2 Å². The summed E-state index contributed by atoms with van der Waals surface area (Å²) < 4.78 is 23.0. The lowest BCUT2D eigenvalue weighted by atomic mass is 10.1. The minimum Gasteiger partial charge on any atom is -0.336 e. The van der Waals surface area contributed by atoms with Crippen LogP contribution < -0.4 is 0 Å². The Kier molecular flexibility index (Phi) is 4.94. The van der Waals surface area contributed by atoms with E-state index < -0.39 is 9.05 Å². The van der Waals surface area contributed by atoms with E-state index in [0.717, 1.165) is 32.2 Å². The van der Waals surface area contributed by atoms with Gasteiger partial charge in [0.05, 0.1) is 4.90 Å². The van der Waals surface area contributed by atoms with Gasteiger partial charge in [0.1, 0.15) is 0 Å². The third kappa shape index (κ3) is 4.20. The Morgan fingerprint density at radius 3 is 2.52 bits per heavy atom. The number of rotatable bonds is 6. The lowest BCUT2D eigenvalue weighted by molar-refractivity contribution is 0.0740. The summed E-state index contributed by atoms with van der Waals surface area (Å²) in [4.78, 5) is 14.5. The molecule has 0 aliphatic heterocycles. The molecule has 1 amide bonds. The molecule has 4 nitrogen and oxygen atoms in total. The number of carbonyl (C=O) groups excluding carboxylic acids is 1. The van der Waals surface area contributed by atoms with Gasteiger partial charge in [0.25, 0.3) is 15.0 Å². The van der Waals surface area contributed by atoms with Gasteiger partial charge in [0.2, 0.25) is 0 Å². The number of nitrogens with zero attached hydrogens (tertiary/aromatic N) is 1. The minimum atomic E-state index is -3.83. The predicted molar refractivity (Wildman–Crippen MR) is 83.2 cm³/mol. The zero-order valence-electron chi connectivity index (χ0n) is 12.3. The van der Waals surface area contributed by atoms with Gasteiger partial charge < -0.3 is 4.90 Å². The van der Waals surface area contributed by atoms with Gasteiger partial charge in [-0.25, -0.2) is 8.42 Å². The van der Waals surface area contributed by atoms with Crippen LogP contribution in [0.2, 0.25) is 0 Å². The van der Waals surface area contributed by atoms with E-state index in [-0.39, 0.29) is 10.8 Å². The van der Waals surface area contributed by atoms with Crippen LogP contribution in [0.1, 0.15) is 48.5 Å². The first-order chi connectivity index (χ1) is 9.82. The SMILES string of the molecule is CCCCN(C(=O)c1cc(C)cc(S(=O)(=O)Cl)c1)C1CC1. The number of aryl methyl sites for hydroxylation is 1. The fourth-order valence-corrected chi connectivity index (χ4v) is 3.20. The smallest absolute Gasteiger partial charge is 0.261 e. The fourth-order valence-electron chi connectivity index (χ4n) is 2.34. The summed E-state index contributed by atoms with van der Waals surface area (Å²) in [7, 11) is 1.57. The number of amides is 1. The van der Waals surface area contributed by atoms with Gasteiger partial charge in [0.15, 0.2) is 0 Å². The number of carbonyl (C=O) groups is 1. The molecule has 1 fully saturated rings. The molecule has 0 saturated heterocycles. The maximum absolute atomic E-state index is 12.7. The Bertz CT molecular complexity index is 638. The first-order valence-corrected chi connectivity index (χ1v) is 9.51. The van der Waals surface area contributed by atoms with Crippen molar-refractivity contribution in [2.24, 2.45) is 0 Å². The largest absolute Gasteiger partial charge is 0.336 e. The lowest BCUT2D eigenvalue weighted by Gasteiger charge is -2.22. The molecular weight excluding hydrogens is 310 g/mol. The average molecular weight is 330 g/mol. The second-order valence-electron chi connectivity index (χ2n) is 5.56. The van der Waals surface area contributed by atoms with Gasteiger partial charge in [0, 0.05) is 28.8 Å². The maximum atomic E-state index is 12.7. The predicted octanol–water partition coefficient (Wildman–Crippen LogP) is 3.33. The van der Waals surface area contributed by atoms with E-state index in [1.54, 1.807) is 13.0 Å². The molecule has 0 atom stereocenters. The van der Waals surface area contributed by atoms with Crippen LogP contribution in [0.25, 0.3) is 0 Å². The summed E-state index contributed by atoms with van der Waals surface area (Å²) in [5.74, 6) is -0.101. The number of benzene rings is 1. The molecule has 0 unspecified atom stereocenters. The van der Waals surface area contributed by atoms with Crippen LogP contribution >= 0.6 is 10.7 Å². The van der Waals surface area contributed by atoms with Gasteiger partial charge in [-0.1, -0.05) is 13.3 Å². The third-order valence-electron chi connectivity index (χ3n) is 3.58. The highest BCUT2D eigenvalue weighted by Crippen LogP contribution is 2.29. The lowest BCUT2D eigenvalue weighted by Crippen LogP contribution is -2.34. The van der Waals surface area contributed by atoms with Crippen LogP contribution in [0.15, 0.2) is 23.1 Å². The normalized spacial score (nSPS) is 15.0. The molecule has 1 aromatic carbocycles. The van der Waals surface area contributed by atoms with E-state index >= 15 is 0 Å². The fraction of sp³-hybridized carbons (Fsp3) is 0.533. The molecule has 0 heterocycles. The van der Waals surface area contributed by atoms with Crippen molar-refractivity contribution >= 4 is 25.6 Å². The van der Waals surface area contributed by atoms with Crippen molar-refractivity contribution < 1.29 is 13.2 Å². The molecule has 0 spiro atoms. The Labute approximate surface area is 130 Å². The molecule has 0 aromatic heterocycles. The summed E-state index contributed by atoms with van der Waals surface area (Å²) >= 11 is 0. The minimum absolute atomic E-state index is 0.0150. The van der Waals surface area contributed by atoms with Gasteiger partial charge in [-0.05, 0) is 49.9 Å². The Balaban J connectivity index is 2.31. The summed E-state index contributed by atoms with van der Waals surface area (Å²) in [6.07, 6.45) is 4.03. The standard InChI is InChI=1S/C15H20ClNO3S/c1-3-4-7-17(13-5-6-13)15(18)12-8-11(2)9-14(10-12)21(16,19)20/h8-10,13H,3-7H2,1-2H3. The summed E-state index contributed by atoms with van der Waals surface area (Å²) in [5, 5.41) is 0. The quantitative estimate of drug-likeness (QED) is 0.752. The number of hydrogen-bond donors (Lipinski definition) is 0. The van der Waals surface area contributed by atoms with Crippen molar-refractivity contribution in [1.29, 1.82) is 0 Å². The van der Waals surface area contributed by atoms with Crippen LogP contribution in [-0.4, -0.2) is 31.8 Å². The van der Waals surface area contributed by atoms with Crippen LogP contribution in [0.5, 0.6) is 0 Å². The highest BCUT2D eigenvalue weighted by Gasteiger charge is 2.32. The monoisotopic (exact) mass is 329 g/mol. The van der Waals surface area contributed by atoms with Crippen molar-refractivity contribution in [2.45, 2.75) is 50.5 Å². The van der Waals surface area contributed by atoms with Gasteiger partial charge in [-0.3, -0.25) is 4.79 Å². The molecule has 1 aliphatic carbocycles. The second kappa shape index (κ2) is 6.36. The number of hydrogen-bond acceptors (Lipinski definition) is 3. The molecule has 0 radical (unpaired) electrons. The van der Waals surface area contributed by atoms with E-state index in [1.807, 2.05) is 4.90 Å². The van der Waals surface area contributed by atoms with Gasteiger partial charge >= 0.3 is 0 Å². The van der Waals surface area contributed by atoms with Crippen molar-refractivity contribution in [1.82, 2.24) is 4.90 Å². The van der Waals surface area contributed by atoms with Crippen LogP contribution in [0, 0.1) is 6.92 Å². The van der Waals surface area contributed by atoms with E-state index in [4.69, 9.17) is 10.7 Å². The van der Waals surface area contributed by atoms with E-state index in [1.165, 1.54) is 12.1 Å². The molecule has 0 N–H and O–H groups in total. The zero-order chi connectivity index (χ0) is 15.6. The molecule has 116 valence electrons. The van der Waals surface area contributed by atoms with Gasteiger partial charge in [-0.2, -0.15) is 0 Å². The van der Waals surface area contributed by atoms with Crippen molar-refractivity contribution in [2.75, 3.05) is 6.54 Å².